The van der Waals surface area contributed by atoms with Gasteiger partial charge in [-0.05, 0) is 24.1 Å². The van der Waals surface area contributed by atoms with Gasteiger partial charge in [-0.3, -0.25) is 4.98 Å². The highest BCUT2D eigenvalue weighted by Gasteiger charge is 2.18. The van der Waals surface area contributed by atoms with Crippen LogP contribution in [0.15, 0.2) is 60.9 Å². The van der Waals surface area contributed by atoms with E-state index in [0.29, 0.717) is 0 Å². The lowest BCUT2D eigenvalue weighted by Crippen LogP contribution is -2.19. The molecular weight excluding hydrogens is 260 g/mol. The Labute approximate surface area is 124 Å². The van der Waals surface area contributed by atoms with Crippen LogP contribution in [0.25, 0.3) is 10.8 Å². The first-order chi connectivity index (χ1) is 10.3. The number of pyridine rings is 1. The van der Waals surface area contributed by atoms with Gasteiger partial charge in [0.1, 0.15) is 5.75 Å². The maximum atomic E-state index is 5.50. The van der Waals surface area contributed by atoms with Gasteiger partial charge >= 0.3 is 0 Å². The number of hydrogen-bond donors (Lipinski definition) is 1. The van der Waals surface area contributed by atoms with Gasteiger partial charge in [0.05, 0.1) is 13.2 Å². The average molecular weight is 278 g/mol. The first kappa shape index (κ1) is 13.6. The zero-order chi connectivity index (χ0) is 14.7. The number of hydrogen-bond acceptors (Lipinski definition) is 3. The number of nitrogens with zero attached hydrogens (tertiary/aromatic N) is 1. The van der Waals surface area contributed by atoms with Crippen LogP contribution in [-0.4, -0.2) is 19.1 Å². The molecule has 1 aromatic heterocycles. The second-order valence-electron chi connectivity index (χ2n) is 4.91. The number of rotatable bonds is 4. The van der Waals surface area contributed by atoms with Crippen LogP contribution in [0, 0.1) is 0 Å². The van der Waals surface area contributed by atoms with Crippen molar-refractivity contribution >= 4 is 10.8 Å². The van der Waals surface area contributed by atoms with Crippen LogP contribution in [0.2, 0.25) is 0 Å². The number of aromatic nitrogens is 1. The smallest absolute Gasteiger partial charge is 0.123 e. The monoisotopic (exact) mass is 278 g/mol. The molecule has 1 N–H and O–H groups in total. The van der Waals surface area contributed by atoms with E-state index in [-0.39, 0.29) is 6.04 Å². The Kier molecular flexibility index (Phi) is 3.84. The fraction of sp³-hybridized carbons (Fsp3) is 0.167. The molecular formula is C18H18N2O. The third-order valence-corrected chi connectivity index (χ3v) is 3.75. The number of benzene rings is 2. The number of methoxy groups -OCH3 is 1. The summed E-state index contributed by atoms with van der Waals surface area (Å²) in [6.45, 7) is 0. The Morgan fingerprint density at radius 1 is 0.952 bits per heavy atom. The molecule has 0 bridgehead atoms. The fourth-order valence-corrected chi connectivity index (χ4v) is 2.75. The molecule has 3 nitrogen and oxygen atoms in total. The predicted octanol–water partition coefficient (Wildman–Crippen LogP) is 3.55. The Balaban J connectivity index is 2.19. The summed E-state index contributed by atoms with van der Waals surface area (Å²) in [5.41, 5.74) is 2.26. The van der Waals surface area contributed by atoms with Crippen molar-refractivity contribution in [1.29, 1.82) is 0 Å². The van der Waals surface area contributed by atoms with Gasteiger partial charge in [0.2, 0.25) is 0 Å². The lowest BCUT2D eigenvalue weighted by molar-refractivity contribution is 0.405. The summed E-state index contributed by atoms with van der Waals surface area (Å²) >= 11 is 0. The van der Waals surface area contributed by atoms with E-state index >= 15 is 0 Å². The highest BCUT2D eigenvalue weighted by Crippen LogP contribution is 2.32. The first-order valence-electron chi connectivity index (χ1n) is 6.98. The molecule has 0 aliphatic rings. The average Bonchev–Trinajstić information content (AvgIpc) is 2.56. The van der Waals surface area contributed by atoms with Crippen molar-refractivity contribution in [2.75, 3.05) is 14.2 Å². The van der Waals surface area contributed by atoms with Crippen molar-refractivity contribution in [3.63, 3.8) is 0 Å². The van der Waals surface area contributed by atoms with Gasteiger partial charge in [-0.15, -0.1) is 0 Å². The van der Waals surface area contributed by atoms with Crippen molar-refractivity contribution in [2.45, 2.75) is 6.04 Å². The zero-order valence-electron chi connectivity index (χ0n) is 12.2. The minimum Gasteiger partial charge on any atom is -0.496 e. The molecule has 2 aromatic carbocycles. The largest absolute Gasteiger partial charge is 0.496 e. The molecule has 1 heterocycles. The molecule has 0 saturated heterocycles. The maximum Gasteiger partial charge on any atom is 0.123 e. The van der Waals surface area contributed by atoms with E-state index in [0.717, 1.165) is 22.3 Å². The lowest BCUT2D eigenvalue weighted by atomic mass is 9.95. The Morgan fingerprint density at radius 2 is 1.71 bits per heavy atom. The van der Waals surface area contributed by atoms with Gasteiger partial charge in [-0.25, -0.2) is 0 Å². The molecule has 0 radical (unpaired) electrons. The molecule has 1 unspecified atom stereocenters. The lowest BCUT2D eigenvalue weighted by Gasteiger charge is -2.21. The predicted molar refractivity (Wildman–Crippen MR) is 85.6 cm³/mol. The molecule has 0 amide bonds. The summed E-state index contributed by atoms with van der Waals surface area (Å²) in [7, 11) is 3.66. The standard InChI is InChI=1S/C18H18N2O/c1-19-18(15-9-5-6-10-17(15)21-2)16-12-20-11-13-7-3-4-8-14(13)16/h3-12,18-19H,1-2H3. The van der Waals surface area contributed by atoms with E-state index in [1.807, 2.05) is 43.7 Å². The highest BCUT2D eigenvalue weighted by molar-refractivity contribution is 5.85. The summed E-state index contributed by atoms with van der Waals surface area (Å²) in [5, 5.41) is 5.73. The van der Waals surface area contributed by atoms with Gasteiger partial charge in [0, 0.05) is 23.3 Å². The van der Waals surface area contributed by atoms with Crippen LogP contribution < -0.4 is 10.1 Å². The molecule has 0 aliphatic heterocycles. The molecule has 0 fully saturated rings. The van der Waals surface area contributed by atoms with Crippen LogP contribution in [0.1, 0.15) is 17.2 Å². The quantitative estimate of drug-likeness (QED) is 0.792. The summed E-state index contributed by atoms with van der Waals surface area (Å²) in [6, 6.07) is 16.4. The summed E-state index contributed by atoms with van der Waals surface area (Å²) < 4.78 is 5.50. The van der Waals surface area contributed by atoms with E-state index in [9.17, 15) is 0 Å². The van der Waals surface area contributed by atoms with Crippen molar-refractivity contribution in [3.05, 3.63) is 72.1 Å². The number of nitrogens with one attached hydrogen (secondary N) is 1. The van der Waals surface area contributed by atoms with Crippen LogP contribution in [0.3, 0.4) is 0 Å². The van der Waals surface area contributed by atoms with E-state index in [1.54, 1.807) is 7.11 Å². The molecule has 0 spiro atoms. The summed E-state index contributed by atoms with van der Waals surface area (Å²) in [6.07, 6.45) is 3.82. The van der Waals surface area contributed by atoms with Crippen molar-refractivity contribution in [1.82, 2.24) is 10.3 Å². The molecule has 0 aliphatic carbocycles. The molecule has 106 valence electrons. The maximum absolute atomic E-state index is 5.50. The molecule has 3 rings (SSSR count). The normalized spacial score (nSPS) is 12.3. The van der Waals surface area contributed by atoms with Crippen LogP contribution >= 0.6 is 0 Å². The van der Waals surface area contributed by atoms with Crippen LogP contribution in [-0.2, 0) is 0 Å². The highest BCUT2D eigenvalue weighted by atomic mass is 16.5. The third-order valence-electron chi connectivity index (χ3n) is 3.75. The SMILES string of the molecule is CNC(c1ccccc1OC)c1cncc2ccccc12. The molecule has 1 atom stereocenters. The molecule has 3 heteroatoms. The van der Waals surface area contributed by atoms with Crippen molar-refractivity contribution in [2.24, 2.45) is 0 Å². The fourth-order valence-electron chi connectivity index (χ4n) is 2.75. The first-order valence-corrected chi connectivity index (χ1v) is 6.98. The zero-order valence-corrected chi connectivity index (χ0v) is 12.2. The summed E-state index contributed by atoms with van der Waals surface area (Å²) in [4.78, 5) is 4.38. The minimum absolute atomic E-state index is 0.0414. The van der Waals surface area contributed by atoms with Gasteiger partial charge in [-0.1, -0.05) is 42.5 Å². The topological polar surface area (TPSA) is 34.1 Å². The Morgan fingerprint density at radius 3 is 2.52 bits per heavy atom. The Hall–Kier alpha value is -2.39. The van der Waals surface area contributed by atoms with Gasteiger partial charge in [0.15, 0.2) is 0 Å². The van der Waals surface area contributed by atoms with Crippen LogP contribution in [0.5, 0.6) is 5.75 Å². The third kappa shape index (κ3) is 2.48. The number of ether oxygens (including phenoxy) is 1. The van der Waals surface area contributed by atoms with Gasteiger partial charge in [0.25, 0.3) is 0 Å². The minimum atomic E-state index is 0.0414. The molecule has 3 aromatic rings. The second-order valence-corrected chi connectivity index (χ2v) is 4.91. The second kappa shape index (κ2) is 5.94. The number of para-hydroxylation sites is 1. The van der Waals surface area contributed by atoms with Crippen molar-refractivity contribution < 1.29 is 4.74 Å². The van der Waals surface area contributed by atoms with E-state index in [1.165, 1.54) is 5.39 Å². The van der Waals surface area contributed by atoms with Gasteiger partial charge < -0.3 is 10.1 Å². The van der Waals surface area contributed by atoms with Gasteiger partial charge in [-0.2, -0.15) is 0 Å². The van der Waals surface area contributed by atoms with E-state index in [4.69, 9.17) is 4.74 Å². The molecule has 0 saturated carbocycles. The van der Waals surface area contributed by atoms with Crippen molar-refractivity contribution in [3.8, 4) is 5.75 Å². The molecule has 21 heavy (non-hydrogen) atoms. The van der Waals surface area contributed by atoms with E-state index in [2.05, 4.69) is 34.6 Å². The summed E-state index contributed by atoms with van der Waals surface area (Å²) in [5.74, 6) is 0.879. The Bertz CT molecular complexity index is 750. The van der Waals surface area contributed by atoms with Crippen LogP contribution in [0.4, 0.5) is 0 Å². The number of fused-ring (bicyclic) bond motifs is 1. The van der Waals surface area contributed by atoms with E-state index < -0.39 is 0 Å².